The second-order valence-corrected chi connectivity index (χ2v) is 5.38. The summed E-state index contributed by atoms with van der Waals surface area (Å²) in [6.45, 7) is 2.16. The largest absolute Gasteiger partial charge is 0.492 e. The van der Waals surface area contributed by atoms with E-state index in [0.717, 1.165) is 11.6 Å². The summed E-state index contributed by atoms with van der Waals surface area (Å²) in [5.41, 5.74) is 1.37. The predicted molar refractivity (Wildman–Crippen MR) is 90.1 cm³/mol. The van der Waals surface area contributed by atoms with Crippen molar-refractivity contribution in [3.63, 3.8) is 0 Å². The van der Waals surface area contributed by atoms with Crippen LogP contribution in [0.4, 0.5) is 20.3 Å². The van der Waals surface area contributed by atoms with Crippen molar-refractivity contribution < 1.29 is 13.5 Å². The molecule has 0 spiro atoms. The molecule has 1 heterocycles. The van der Waals surface area contributed by atoms with Crippen LogP contribution in [0.25, 0.3) is 11.0 Å². The van der Waals surface area contributed by atoms with Gasteiger partial charge in [0.1, 0.15) is 10.8 Å². The molecule has 0 atom stereocenters. The third kappa shape index (κ3) is 2.73. The number of halogens is 3. The van der Waals surface area contributed by atoms with E-state index in [1.165, 1.54) is 18.2 Å². The highest BCUT2D eigenvalue weighted by atomic mass is 35.5. The van der Waals surface area contributed by atoms with E-state index < -0.39 is 11.6 Å². The molecule has 3 aromatic rings. The van der Waals surface area contributed by atoms with E-state index in [-0.39, 0.29) is 16.5 Å². The lowest BCUT2D eigenvalue weighted by Gasteiger charge is -2.23. The SMILES string of the molecule is CCN(c1cnc2ccccc2n1)c1cc(F)c(Cl)c(OC)c1F. The van der Waals surface area contributed by atoms with Crippen LogP contribution < -0.4 is 9.64 Å². The molecule has 124 valence electrons. The van der Waals surface area contributed by atoms with Crippen molar-refractivity contribution in [2.75, 3.05) is 18.6 Å². The number of para-hydroxylation sites is 2. The van der Waals surface area contributed by atoms with Crippen molar-refractivity contribution in [1.29, 1.82) is 0 Å². The normalized spacial score (nSPS) is 10.9. The number of rotatable bonds is 4. The van der Waals surface area contributed by atoms with Gasteiger partial charge in [-0.2, -0.15) is 0 Å². The number of hydrogen-bond donors (Lipinski definition) is 0. The molecule has 0 bridgehead atoms. The smallest absolute Gasteiger partial charge is 0.190 e. The quantitative estimate of drug-likeness (QED) is 0.638. The van der Waals surface area contributed by atoms with Crippen molar-refractivity contribution in [1.82, 2.24) is 9.97 Å². The molecule has 3 rings (SSSR count). The summed E-state index contributed by atoms with van der Waals surface area (Å²) in [6.07, 6.45) is 1.52. The number of nitrogens with zero attached hydrogens (tertiary/aromatic N) is 3. The Hall–Kier alpha value is -2.47. The van der Waals surface area contributed by atoms with Gasteiger partial charge in [0.2, 0.25) is 0 Å². The van der Waals surface area contributed by atoms with E-state index in [1.54, 1.807) is 13.0 Å². The van der Waals surface area contributed by atoms with Crippen molar-refractivity contribution in [2.45, 2.75) is 6.92 Å². The maximum Gasteiger partial charge on any atom is 0.190 e. The van der Waals surface area contributed by atoms with E-state index in [0.29, 0.717) is 17.9 Å². The molecule has 0 fully saturated rings. The van der Waals surface area contributed by atoms with Crippen molar-refractivity contribution in [2.24, 2.45) is 0 Å². The summed E-state index contributed by atoms with van der Waals surface area (Å²) in [4.78, 5) is 10.3. The molecule has 4 nitrogen and oxygen atoms in total. The zero-order valence-corrected chi connectivity index (χ0v) is 13.8. The molecule has 2 aromatic carbocycles. The molecule has 0 unspecified atom stereocenters. The molecule has 0 saturated carbocycles. The lowest BCUT2D eigenvalue weighted by molar-refractivity contribution is 0.383. The predicted octanol–water partition coefficient (Wildman–Crippen LogP) is 4.73. The van der Waals surface area contributed by atoms with Gasteiger partial charge in [-0.3, -0.25) is 4.98 Å². The second-order valence-electron chi connectivity index (χ2n) is 5.00. The Morgan fingerprint density at radius 3 is 2.58 bits per heavy atom. The van der Waals surface area contributed by atoms with E-state index >= 15 is 0 Å². The fraction of sp³-hybridized carbons (Fsp3) is 0.176. The lowest BCUT2D eigenvalue weighted by atomic mass is 10.2. The van der Waals surface area contributed by atoms with E-state index in [4.69, 9.17) is 16.3 Å². The molecule has 0 N–H and O–H groups in total. The molecule has 7 heteroatoms. The Labute approximate surface area is 142 Å². The monoisotopic (exact) mass is 349 g/mol. The average molecular weight is 350 g/mol. The van der Waals surface area contributed by atoms with Gasteiger partial charge in [0.25, 0.3) is 0 Å². The summed E-state index contributed by atoms with van der Waals surface area (Å²) in [5.74, 6) is -1.45. The van der Waals surface area contributed by atoms with Crippen LogP contribution in [0.15, 0.2) is 36.5 Å². The fourth-order valence-corrected chi connectivity index (χ4v) is 2.69. The Morgan fingerprint density at radius 1 is 1.21 bits per heavy atom. The first-order valence-corrected chi connectivity index (χ1v) is 7.65. The summed E-state index contributed by atoms with van der Waals surface area (Å²) >= 11 is 5.76. The van der Waals surface area contributed by atoms with Crippen molar-refractivity contribution in [3.05, 3.63) is 53.2 Å². The summed E-state index contributed by atoms with van der Waals surface area (Å²) < 4.78 is 33.6. The van der Waals surface area contributed by atoms with Gasteiger partial charge >= 0.3 is 0 Å². The van der Waals surface area contributed by atoms with Gasteiger partial charge < -0.3 is 9.64 Å². The maximum atomic E-state index is 14.7. The minimum absolute atomic E-state index is 0.0131. The number of aromatic nitrogens is 2. The Morgan fingerprint density at radius 2 is 1.92 bits per heavy atom. The van der Waals surface area contributed by atoms with Crippen LogP contribution in [0.1, 0.15) is 6.92 Å². The number of benzene rings is 2. The van der Waals surface area contributed by atoms with Crippen molar-refractivity contribution >= 4 is 34.1 Å². The number of methoxy groups -OCH3 is 1. The first-order chi connectivity index (χ1) is 11.6. The lowest BCUT2D eigenvalue weighted by Crippen LogP contribution is -2.19. The molecule has 0 aliphatic carbocycles. The molecule has 1 aromatic heterocycles. The third-order valence-corrected chi connectivity index (χ3v) is 3.97. The first-order valence-electron chi connectivity index (χ1n) is 7.27. The van der Waals surface area contributed by atoms with Crippen LogP contribution in [0, 0.1) is 11.6 Å². The van der Waals surface area contributed by atoms with Gasteiger partial charge in [0.15, 0.2) is 17.4 Å². The van der Waals surface area contributed by atoms with E-state index in [9.17, 15) is 8.78 Å². The van der Waals surface area contributed by atoms with Crippen LogP contribution in [0.5, 0.6) is 5.75 Å². The summed E-state index contributed by atoms with van der Waals surface area (Å²) in [6, 6.07) is 8.35. The van der Waals surface area contributed by atoms with Gasteiger partial charge in [0.05, 0.1) is 30.0 Å². The number of anilines is 2. The third-order valence-electron chi connectivity index (χ3n) is 3.62. The van der Waals surface area contributed by atoms with Crippen LogP contribution in [0.3, 0.4) is 0 Å². The maximum absolute atomic E-state index is 14.7. The molecule has 0 amide bonds. The molecule has 0 aliphatic rings. The average Bonchev–Trinajstić information content (AvgIpc) is 2.60. The van der Waals surface area contributed by atoms with E-state index in [1.807, 2.05) is 18.2 Å². The first kappa shape index (κ1) is 16.4. The summed E-state index contributed by atoms with van der Waals surface area (Å²) in [5, 5.41) is -0.389. The van der Waals surface area contributed by atoms with Gasteiger partial charge in [-0.05, 0) is 19.1 Å². The number of hydrogen-bond acceptors (Lipinski definition) is 4. The minimum atomic E-state index is -0.767. The number of fused-ring (bicyclic) bond motifs is 1. The van der Waals surface area contributed by atoms with Gasteiger partial charge in [-0.1, -0.05) is 23.7 Å². The molecule has 0 aliphatic heterocycles. The zero-order valence-electron chi connectivity index (χ0n) is 13.1. The van der Waals surface area contributed by atoms with Crippen LogP contribution in [0.2, 0.25) is 5.02 Å². The molecule has 0 saturated heterocycles. The van der Waals surface area contributed by atoms with Gasteiger partial charge in [0, 0.05) is 12.6 Å². The highest BCUT2D eigenvalue weighted by molar-refractivity contribution is 6.32. The fourth-order valence-electron chi connectivity index (χ4n) is 2.48. The second kappa shape index (κ2) is 6.57. The Balaban J connectivity index is 2.16. The van der Waals surface area contributed by atoms with Crippen LogP contribution >= 0.6 is 11.6 Å². The van der Waals surface area contributed by atoms with Gasteiger partial charge in [-0.25, -0.2) is 13.8 Å². The van der Waals surface area contributed by atoms with Crippen LogP contribution in [-0.4, -0.2) is 23.6 Å². The summed E-state index contributed by atoms with van der Waals surface area (Å²) in [7, 11) is 1.24. The molecule has 0 radical (unpaired) electrons. The Bertz CT molecular complexity index is 904. The van der Waals surface area contributed by atoms with Gasteiger partial charge in [-0.15, -0.1) is 0 Å². The molecular weight excluding hydrogens is 336 g/mol. The van der Waals surface area contributed by atoms with E-state index in [2.05, 4.69) is 9.97 Å². The van der Waals surface area contributed by atoms with Crippen LogP contribution in [-0.2, 0) is 0 Å². The van der Waals surface area contributed by atoms with Crippen molar-refractivity contribution in [3.8, 4) is 5.75 Å². The zero-order chi connectivity index (χ0) is 17.3. The highest BCUT2D eigenvalue weighted by Gasteiger charge is 2.23. The number of ether oxygens (including phenoxy) is 1. The topological polar surface area (TPSA) is 38.2 Å². The standard InChI is InChI=1S/C17H14ClF2N3O/c1-3-23(13-8-10(19)15(18)17(24-2)16(13)20)14-9-21-11-6-4-5-7-12(11)22-14/h4-9H,3H2,1-2H3. The molecule has 24 heavy (non-hydrogen) atoms. The minimum Gasteiger partial charge on any atom is -0.492 e. The highest BCUT2D eigenvalue weighted by Crippen LogP contribution is 2.38. The molecular formula is C17H14ClF2N3O. The Kier molecular flexibility index (Phi) is 4.49.